The number of anilines is 2. The highest BCUT2D eigenvalue weighted by Gasteiger charge is 2.25. The number of rotatable bonds is 4. The van der Waals surface area contributed by atoms with Crippen LogP contribution in [0.4, 0.5) is 10.8 Å². The average Bonchev–Trinajstić information content (AvgIpc) is 3.22. The monoisotopic (exact) mass is 407 g/mol. The van der Waals surface area contributed by atoms with E-state index >= 15 is 0 Å². The van der Waals surface area contributed by atoms with E-state index in [-0.39, 0.29) is 5.91 Å². The van der Waals surface area contributed by atoms with Crippen LogP contribution in [0.15, 0.2) is 41.8 Å². The SMILES string of the molecule is COc1ccc(C(=O)N2CCCc3cc(C)ccc32)cc1-c1csc(N(C)C)n1. The first-order valence-electron chi connectivity index (χ1n) is 9.70. The summed E-state index contributed by atoms with van der Waals surface area (Å²) in [6.45, 7) is 2.82. The molecule has 3 aromatic rings. The number of aryl methyl sites for hydroxylation is 2. The van der Waals surface area contributed by atoms with Crippen LogP contribution in [0.1, 0.15) is 27.9 Å². The zero-order valence-corrected chi connectivity index (χ0v) is 18.0. The quantitative estimate of drug-likeness (QED) is 0.624. The minimum absolute atomic E-state index is 0.0155. The first kappa shape index (κ1) is 19.5. The third kappa shape index (κ3) is 3.72. The first-order chi connectivity index (χ1) is 14.0. The fourth-order valence-electron chi connectivity index (χ4n) is 3.73. The number of carbonyl (C=O) groups excluding carboxylic acids is 1. The number of fused-ring (bicyclic) bond motifs is 1. The van der Waals surface area contributed by atoms with Gasteiger partial charge in [-0.15, -0.1) is 11.3 Å². The van der Waals surface area contributed by atoms with E-state index in [4.69, 9.17) is 4.74 Å². The Morgan fingerprint density at radius 3 is 2.76 bits per heavy atom. The van der Waals surface area contributed by atoms with Gasteiger partial charge in [0.15, 0.2) is 5.13 Å². The molecule has 6 heteroatoms. The number of hydrogen-bond acceptors (Lipinski definition) is 5. The minimum atomic E-state index is 0.0155. The van der Waals surface area contributed by atoms with Crippen LogP contribution in [0.2, 0.25) is 0 Å². The normalized spacial score (nSPS) is 13.2. The van der Waals surface area contributed by atoms with Crippen molar-refractivity contribution in [3.63, 3.8) is 0 Å². The molecule has 2 heterocycles. The Morgan fingerprint density at radius 2 is 2.03 bits per heavy atom. The van der Waals surface area contributed by atoms with Gasteiger partial charge in [0.25, 0.3) is 5.91 Å². The molecule has 4 rings (SSSR count). The summed E-state index contributed by atoms with van der Waals surface area (Å²) in [7, 11) is 5.58. The summed E-state index contributed by atoms with van der Waals surface area (Å²) in [5.74, 6) is 0.730. The number of nitrogens with zero attached hydrogens (tertiary/aromatic N) is 3. The molecular formula is C23H25N3O2S. The van der Waals surface area contributed by atoms with Crippen molar-refractivity contribution in [3.8, 4) is 17.0 Å². The van der Waals surface area contributed by atoms with Crippen LogP contribution >= 0.6 is 11.3 Å². The molecule has 29 heavy (non-hydrogen) atoms. The number of carbonyl (C=O) groups is 1. The zero-order chi connectivity index (χ0) is 20.5. The molecule has 0 saturated heterocycles. The Labute approximate surface area is 175 Å². The highest BCUT2D eigenvalue weighted by Crippen LogP contribution is 2.35. The van der Waals surface area contributed by atoms with Gasteiger partial charge in [-0.2, -0.15) is 0 Å². The third-order valence-corrected chi connectivity index (χ3v) is 6.20. The van der Waals surface area contributed by atoms with E-state index in [1.807, 2.05) is 47.5 Å². The zero-order valence-electron chi connectivity index (χ0n) is 17.2. The van der Waals surface area contributed by atoms with Gasteiger partial charge in [0.05, 0.1) is 12.8 Å². The highest BCUT2D eigenvalue weighted by molar-refractivity contribution is 7.14. The fraction of sp³-hybridized carbons (Fsp3) is 0.304. The molecule has 0 fully saturated rings. The number of ether oxygens (including phenoxy) is 1. The molecule has 0 aliphatic carbocycles. The van der Waals surface area contributed by atoms with Crippen molar-refractivity contribution in [2.45, 2.75) is 19.8 Å². The molecule has 1 aliphatic rings. The second-order valence-electron chi connectivity index (χ2n) is 7.52. The van der Waals surface area contributed by atoms with Crippen LogP contribution in [0.25, 0.3) is 11.3 Å². The van der Waals surface area contributed by atoms with Crippen LogP contribution in [-0.2, 0) is 6.42 Å². The number of aromatic nitrogens is 1. The van der Waals surface area contributed by atoms with Crippen LogP contribution in [0.5, 0.6) is 5.75 Å². The van der Waals surface area contributed by atoms with E-state index in [0.717, 1.165) is 41.5 Å². The minimum Gasteiger partial charge on any atom is -0.496 e. The summed E-state index contributed by atoms with van der Waals surface area (Å²) in [6, 6.07) is 11.9. The third-order valence-electron chi connectivity index (χ3n) is 5.20. The molecule has 0 bridgehead atoms. The van der Waals surface area contributed by atoms with Crippen molar-refractivity contribution in [3.05, 3.63) is 58.5 Å². The molecule has 0 radical (unpaired) electrons. The van der Waals surface area contributed by atoms with Crippen molar-refractivity contribution < 1.29 is 9.53 Å². The van der Waals surface area contributed by atoms with Crippen LogP contribution < -0.4 is 14.5 Å². The van der Waals surface area contributed by atoms with Crippen molar-refractivity contribution in [2.75, 3.05) is 37.5 Å². The van der Waals surface area contributed by atoms with E-state index in [9.17, 15) is 4.79 Å². The van der Waals surface area contributed by atoms with E-state index in [0.29, 0.717) is 11.3 Å². The van der Waals surface area contributed by atoms with Crippen molar-refractivity contribution >= 4 is 28.1 Å². The van der Waals surface area contributed by atoms with Crippen LogP contribution in [0, 0.1) is 6.92 Å². The van der Waals surface area contributed by atoms with Gasteiger partial charge >= 0.3 is 0 Å². The predicted octanol–water partition coefficient (Wildman–Crippen LogP) is 4.79. The predicted molar refractivity (Wildman–Crippen MR) is 120 cm³/mol. The van der Waals surface area contributed by atoms with Gasteiger partial charge in [0.1, 0.15) is 5.75 Å². The Morgan fingerprint density at radius 1 is 1.21 bits per heavy atom. The molecule has 2 aromatic carbocycles. The first-order valence-corrected chi connectivity index (χ1v) is 10.6. The fourth-order valence-corrected chi connectivity index (χ4v) is 4.49. The molecule has 150 valence electrons. The van der Waals surface area contributed by atoms with Gasteiger partial charge in [-0.3, -0.25) is 4.79 Å². The molecule has 0 spiro atoms. The number of methoxy groups -OCH3 is 1. The summed E-state index contributed by atoms with van der Waals surface area (Å²) in [4.78, 5) is 22.0. The lowest BCUT2D eigenvalue weighted by Crippen LogP contribution is -2.35. The summed E-state index contributed by atoms with van der Waals surface area (Å²) in [5.41, 5.74) is 5.79. The summed E-state index contributed by atoms with van der Waals surface area (Å²) in [5, 5.41) is 2.92. The Hall–Kier alpha value is -2.86. The lowest BCUT2D eigenvalue weighted by molar-refractivity contribution is 0.0985. The molecule has 1 amide bonds. The van der Waals surface area contributed by atoms with E-state index < -0.39 is 0 Å². The van der Waals surface area contributed by atoms with Gasteiger partial charge in [0.2, 0.25) is 0 Å². The number of hydrogen-bond donors (Lipinski definition) is 0. The van der Waals surface area contributed by atoms with Crippen molar-refractivity contribution in [2.24, 2.45) is 0 Å². The van der Waals surface area contributed by atoms with Gasteiger partial charge in [0, 0.05) is 42.8 Å². The molecule has 5 nitrogen and oxygen atoms in total. The highest BCUT2D eigenvalue weighted by atomic mass is 32.1. The maximum Gasteiger partial charge on any atom is 0.258 e. The standard InChI is InChI=1S/C23H25N3O2S/c1-15-7-9-20-16(12-15)6-5-11-26(20)22(27)17-8-10-21(28-4)18(13-17)19-14-29-23(24-19)25(2)3/h7-10,12-14H,5-6,11H2,1-4H3. The van der Waals surface area contributed by atoms with Crippen molar-refractivity contribution in [1.82, 2.24) is 4.98 Å². The van der Waals surface area contributed by atoms with Crippen LogP contribution in [-0.4, -0.2) is 38.6 Å². The van der Waals surface area contributed by atoms with E-state index in [1.54, 1.807) is 18.4 Å². The van der Waals surface area contributed by atoms with Gasteiger partial charge in [-0.25, -0.2) is 4.98 Å². The second kappa shape index (κ2) is 7.87. The van der Waals surface area contributed by atoms with E-state index in [2.05, 4.69) is 30.1 Å². The van der Waals surface area contributed by atoms with E-state index in [1.165, 1.54) is 11.1 Å². The largest absolute Gasteiger partial charge is 0.496 e. The summed E-state index contributed by atoms with van der Waals surface area (Å²) in [6.07, 6.45) is 1.99. The molecule has 0 atom stereocenters. The number of thiazole rings is 1. The van der Waals surface area contributed by atoms with Gasteiger partial charge in [-0.05, 0) is 49.6 Å². The Balaban J connectivity index is 1.72. The number of amides is 1. The molecule has 1 aromatic heterocycles. The van der Waals surface area contributed by atoms with Crippen molar-refractivity contribution in [1.29, 1.82) is 0 Å². The lowest BCUT2D eigenvalue weighted by atomic mass is 9.98. The lowest BCUT2D eigenvalue weighted by Gasteiger charge is -2.30. The molecule has 0 unspecified atom stereocenters. The molecule has 0 N–H and O–H groups in total. The average molecular weight is 408 g/mol. The maximum atomic E-state index is 13.4. The summed E-state index contributed by atoms with van der Waals surface area (Å²) < 4.78 is 5.55. The summed E-state index contributed by atoms with van der Waals surface area (Å²) >= 11 is 1.57. The smallest absolute Gasteiger partial charge is 0.258 e. The molecule has 1 aliphatic heterocycles. The second-order valence-corrected chi connectivity index (χ2v) is 8.35. The molecule has 0 saturated carbocycles. The van der Waals surface area contributed by atoms with Crippen LogP contribution in [0.3, 0.4) is 0 Å². The Kier molecular flexibility index (Phi) is 5.28. The Bertz CT molecular complexity index is 1060. The van der Waals surface area contributed by atoms with Gasteiger partial charge in [-0.1, -0.05) is 17.7 Å². The molecular weight excluding hydrogens is 382 g/mol. The number of benzene rings is 2. The topological polar surface area (TPSA) is 45.7 Å². The van der Waals surface area contributed by atoms with Gasteiger partial charge < -0.3 is 14.5 Å². The maximum absolute atomic E-state index is 13.4.